The van der Waals surface area contributed by atoms with E-state index in [0.29, 0.717) is 6.26 Å². The number of phosphoric ester groups is 1. The standard InChI is InChI=1S/C7H8O4.C2H5O4P/c1-4(6(8)9)3-5(2)7(10)11;1-2-6-7(3,4)5/h3H,1H2,2H3,(H,8,9)(H,10,11);2H,1H2,(H2,3,4,5). The Balaban J connectivity index is 0. The molecule has 0 aromatic heterocycles. The second-order valence-electron chi connectivity index (χ2n) is 2.73. The van der Waals surface area contributed by atoms with Crippen LogP contribution in [0.25, 0.3) is 0 Å². The Kier molecular flexibility index (Phi) is 8.45. The lowest BCUT2D eigenvalue weighted by Crippen LogP contribution is -2.01. The molecule has 0 saturated carbocycles. The molecule has 0 spiro atoms. The molecule has 0 aliphatic carbocycles. The van der Waals surface area contributed by atoms with Gasteiger partial charge in [0.05, 0.1) is 11.8 Å². The zero-order valence-electron chi connectivity index (χ0n) is 9.44. The molecule has 0 aromatic carbocycles. The Morgan fingerprint density at radius 1 is 1.22 bits per heavy atom. The molecular weight excluding hydrogens is 267 g/mol. The molecule has 0 rings (SSSR count). The Bertz CT molecular complexity index is 416. The number of rotatable bonds is 5. The molecule has 0 aliphatic rings. The number of carboxylic acids is 2. The third kappa shape index (κ3) is 12.2. The number of hydrogen-bond donors (Lipinski definition) is 4. The molecule has 18 heavy (non-hydrogen) atoms. The van der Waals surface area contributed by atoms with Gasteiger partial charge in [-0.15, -0.1) is 0 Å². The molecule has 0 saturated heterocycles. The Labute approximate surface area is 103 Å². The smallest absolute Gasteiger partial charge is 0.478 e. The average Bonchev–Trinajstić information content (AvgIpc) is 2.16. The highest BCUT2D eigenvalue weighted by Gasteiger charge is 2.10. The molecule has 102 valence electrons. The van der Waals surface area contributed by atoms with E-state index >= 15 is 0 Å². The van der Waals surface area contributed by atoms with E-state index in [0.717, 1.165) is 6.08 Å². The van der Waals surface area contributed by atoms with E-state index in [2.05, 4.69) is 17.7 Å². The van der Waals surface area contributed by atoms with Gasteiger partial charge < -0.3 is 14.7 Å². The van der Waals surface area contributed by atoms with Gasteiger partial charge in [0, 0.05) is 5.57 Å². The van der Waals surface area contributed by atoms with Gasteiger partial charge in [-0.1, -0.05) is 13.2 Å². The number of phosphoric acid groups is 1. The van der Waals surface area contributed by atoms with E-state index in [9.17, 15) is 14.2 Å². The van der Waals surface area contributed by atoms with E-state index in [1.54, 1.807) is 0 Å². The monoisotopic (exact) mass is 280 g/mol. The van der Waals surface area contributed by atoms with Gasteiger partial charge >= 0.3 is 19.8 Å². The maximum atomic E-state index is 10.2. The van der Waals surface area contributed by atoms with Crippen molar-refractivity contribution in [1.82, 2.24) is 0 Å². The molecule has 4 N–H and O–H groups in total. The predicted octanol–water partition coefficient (Wildman–Crippen LogP) is 0.897. The summed E-state index contributed by atoms with van der Waals surface area (Å²) < 4.78 is 13.3. The molecule has 0 amide bonds. The molecule has 0 bridgehead atoms. The van der Waals surface area contributed by atoms with Crippen molar-refractivity contribution in [3.05, 3.63) is 36.6 Å². The van der Waals surface area contributed by atoms with Gasteiger partial charge in [0.1, 0.15) is 0 Å². The first-order valence-corrected chi connectivity index (χ1v) is 5.73. The number of carbonyl (C=O) groups is 2. The fourth-order valence-electron chi connectivity index (χ4n) is 0.482. The number of hydrogen-bond acceptors (Lipinski definition) is 4. The number of aliphatic carboxylic acids is 2. The van der Waals surface area contributed by atoms with Gasteiger partial charge in [0.2, 0.25) is 0 Å². The molecule has 8 nitrogen and oxygen atoms in total. The van der Waals surface area contributed by atoms with Gasteiger partial charge in [-0.05, 0) is 13.0 Å². The summed E-state index contributed by atoms with van der Waals surface area (Å²) >= 11 is 0. The van der Waals surface area contributed by atoms with Crippen LogP contribution >= 0.6 is 7.82 Å². The zero-order chi connectivity index (χ0) is 14.9. The van der Waals surface area contributed by atoms with Gasteiger partial charge in [0.25, 0.3) is 0 Å². The van der Waals surface area contributed by atoms with Crippen molar-refractivity contribution in [3.8, 4) is 0 Å². The Hall–Kier alpha value is -1.89. The molecule has 0 radical (unpaired) electrons. The highest BCUT2D eigenvalue weighted by molar-refractivity contribution is 7.46. The third-order valence-electron chi connectivity index (χ3n) is 1.21. The molecule has 9 heteroatoms. The molecule has 0 fully saturated rings. The van der Waals surface area contributed by atoms with E-state index in [1.165, 1.54) is 6.92 Å². The van der Waals surface area contributed by atoms with Crippen LogP contribution in [-0.2, 0) is 18.7 Å². The van der Waals surface area contributed by atoms with E-state index < -0.39 is 19.8 Å². The van der Waals surface area contributed by atoms with Crippen LogP contribution in [0.3, 0.4) is 0 Å². The van der Waals surface area contributed by atoms with E-state index in [-0.39, 0.29) is 11.1 Å². The maximum Gasteiger partial charge on any atom is 0.524 e. The van der Waals surface area contributed by atoms with Crippen molar-refractivity contribution in [2.45, 2.75) is 6.92 Å². The van der Waals surface area contributed by atoms with Crippen LogP contribution in [0.15, 0.2) is 36.6 Å². The summed E-state index contributed by atoms with van der Waals surface area (Å²) in [5.74, 6) is -2.36. The van der Waals surface area contributed by atoms with Crippen molar-refractivity contribution in [1.29, 1.82) is 0 Å². The summed E-state index contributed by atoms with van der Waals surface area (Å²) in [4.78, 5) is 35.9. The van der Waals surface area contributed by atoms with Crippen LogP contribution in [-0.4, -0.2) is 31.9 Å². The first-order chi connectivity index (χ1) is 8.01. The second kappa shape index (κ2) is 8.24. The minimum absolute atomic E-state index is 0.0441. The van der Waals surface area contributed by atoms with Crippen molar-refractivity contribution in [2.75, 3.05) is 0 Å². The normalized spacial score (nSPS) is 10.7. The SMILES string of the molecule is C=C(C=C(C)C(=O)O)C(=O)O.C=COP(=O)(O)O. The van der Waals surface area contributed by atoms with Crippen LogP contribution in [0, 0.1) is 0 Å². The lowest BCUT2D eigenvalue weighted by Gasteiger charge is -1.96. The van der Waals surface area contributed by atoms with Crippen molar-refractivity contribution >= 4 is 19.8 Å². The zero-order valence-corrected chi connectivity index (χ0v) is 10.3. The minimum Gasteiger partial charge on any atom is -0.478 e. The largest absolute Gasteiger partial charge is 0.524 e. The molecular formula is C9H13O8P. The minimum atomic E-state index is -4.28. The summed E-state index contributed by atoms with van der Waals surface area (Å²) in [5, 5.41) is 16.6. The molecule has 0 heterocycles. The highest BCUT2D eigenvalue weighted by atomic mass is 31.2. The van der Waals surface area contributed by atoms with Crippen molar-refractivity contribution in [3.63, 3.8) is 0 Å². The van der Waals surface area contributed by atoms with E-state index in [4.69, 9.17) is 20.0 Å². The Morgan fingerprint density at radius 2 is 1.67 bits per heavy atom. The topological polar surface area (TPSA) is 141 Å². The second-order valence-corrected chi connectivity index (χ2v) is 3.92. The lowest BCUT2D eigenvalue weighted by atomic mass is 10.2. The fraction of sp³-hybridized carbons (Fsp3) is 0.111. The van der Waals surface area contributed by atoms with Gasteiger partial charge in [-0.3, -0.25) is 9.79 Å². The molecule has 0 aromatic rings. The van der Waals surface area contributed by atoms with Crippen LogP contribution < -0.4 is 0 Å². The summed E-state index contributed by atoms with van der Waals surface area (Å²) in [7, 11) is -4.28. The van der Waals surface area contributed by atoms with Crippen LogP contribution in [0.2, 0.25) is 0 Å². The summed E-state index contributed by atoms with van der Waals surface area (Å²) in [6.07, 6.45) is 1.70. The van der Waals surface area contributed by atoms with Crippen LogP contribution in [0.1, 0.15) is 6.92 Å². The van der Waals surface area contributed by atoms with Crippen molar-refractivity contribution in [2.24, 2.45) is 0 Å². The Morgan fingerprint density at radius 3 is 1.83 bits per heavy atom. The molecule has 0 aliphatic heterocycles. The molecule has 0 unspecified atom stereocenters. The van der Waals surface area contributed by atoms with Gasteiger partial charge in [0.15, 0.2) is 0 Å². The number of carboxylic acid groups (broad SMARTS) is 2. The van der Waals surface area contributed by atoms with Crippen LogP contribution in [0.5, 0.6) is 0 Å². The molecule has 0 atom stereocenters. The fourth-order valence-corrected chi connectivity index (χ4v) is 0.676. The first-order valence-electron chi connectivity index (χ1n) is 4.20. The van der Waals surface area contributed by atoms with Gasteiger partial charge in [-0.2, -0.15) is 0 Å². The summed E-state index contributed by atoms with van der Waals surface area (Å²) in [6, 6.07) is 0. The lowest BCUT2D eigenvalue weighted by molar-refractivity contribution is -0.132. The van der Waals surface area contributed by atoms with E-state index in [1.807, 2.05) is 0 Å². The average molecular weight is 280 g/mol. The maximum absolute atomic E-state index is 10.2. The van der Waals surface area contributed by atoms with Crippen LogP contribution in [0.4, 0.5) is 0 Å². The van der Waals surface area contributed by atoms with Gasteiger partial charge in [-0.25, -0.2) is 14.2 Å². The first kappa shape index (κ1) is 18.5. The predicted molar refractivity (Wildman–Crippen MR) is 61.5 cm³/mol. The summed E-state index contributed by atoms with van der Waals surface area (Å²) in [6.45, 7) is 7.37. The third-order valence-corrected chi connectivity index (χ3v) is 1.64. The summed E-state index contributed by atoms with van der Waals surface area (Å²) in [5.41, 5.74) is -0.276. The quantitative estimate of drug-likeness (QED) is 0.252. The highest BCUT2D eigenvalue weighted by Crippen LogP contribution is 2.35. The van der Waals surface area contributed by atoms with Crippen molar-refractivity contribution < 1.29 is 38.7 Å².